The van der Waals surface area contributed by atoms with E-state index in [-0.39, 0.29) is 5.97 Å². The lowest BCUT2D eigenvalue weighted by Crippen LogP contribution is -1.98. The number of ether oxygens (including phenoxy) is 1. The van der Waals surface area contributed by atoms with E-state index in [0.717, 1.165) is 19.3 Å². The molecule has 0 bridgehead atoms. The van der Waals surface area contributed by atoms with Crippen LogP contribution in [0.2, 0.25) is 0 Å². The lowest BCUT2D eigenvalue weighted by atomic mass is 10.2. The zero-order valence-electron chi connectivity index (χ0n) is 6.68. The second-order valence-corrected chi connectivity index (χ2v) is 2.90. The quantitative estimate of drug-likeness (QED) is 0.435. The monoisotopic (exact) mass is 268 g/mol. The average molecular weight is 268 g/mol. The number of hydrogen-bond donors (Lipinski definition) is 0. The van der Waals surface area contributed by atoms with E-state index in [1.165, 1.54) is 7.11 Å². The molecule has 64 valence electrons. The summed E-state index contributed by atoms with van der Waals surface area (Å²) in [7, 11) is 1.42. The molecule has 3 heteroatoms. The average Bonchev–Trinajstić information content (AvgIpc) is 2.04. The molecule has 0 aromatic rings. The van der Waals surface area contributed by atoms with Crippen molar-refractivity contribution in [2.75, 3.05) is 7.11 Å². The SMILES string of the molecule is COC(=O)CCCC/C=C\I. The molecule has 2 nitrogen and oxygen atoms in total. The highest BCUT2D eigenvalue weighted by atomic mass is 127. The largest absolute Gasteiger partial charge is 0.469 e. The number of hydrogen-bond acceptors (Lipinski definition) is 2. The second kappa shape index (κ2) is 8.04. The van der Waals surface area contributed by atoms with Crippen molar-refractivity contribution in [2.24, 2.45) is 0 Å². The zero-order chi connectivity index (χ0) is 8.53. The van der Waals surface area contributed by atoms with E-state index >= 15 is 0 Å². The van der Waals surface area contributed by atoms with Gasteiger partial charge >= 0.3 is 5.97 Å². The van der Waals surface area contributed by atoms with Gasteiger partial charge in [-0.15, -0.1) is 0 Å². The molecule has 0 spiro atoms. The maximum atomic E-state index is 10.6. The lowest BCUT2D eigenvalue weighted by molar-refractivity contribution is -0.140. The Morgan fingerprint density at radius 3 is 2.82 bits per heavy atom. The smallest absolute Gasteiger partial charge is 0.305 e. The number of methoxy groups -OCH3 is 1. The van der Waals surface area contributed by atoms with Crippen LogP contribution in [0.1, 0.15) is 25.7 Å². The van der Waals surface area contributed by atoms with Crippen LogP contribution in [0, 0.1) is 0 Å². The Kier molecular flexibility index (Phi) is 8.00. The highest BCUT2D eigenvalue weighted by molar-refractivity contribution is 14.1. The molecule has 11 heavy (non-hydrogen) atoms. The van der Waals surface area contributed by atoms with E-state index in [0.29, 0.717) is 6.42 Å². The Balaban J connectivity index is 3.08. The van der Waals surface area contributed by atoms with Gasteiger partial charge in [-0.05, 0) is 23.3 Å². The Morgan fingerprint density at radius 1 is 1.55 bits per heavy atom. The molecule has 0 unspecified atom stereocenters. The van der Waals surface area contributed by atoms with Gasteiger partial charge < -0.3 is 4.74 Å². The van der Waals surface area contributed by atoms with Gasteiger partial charge in [0, 0.05) is 6.42 Å². The van der Waals surface area contributed by atoms with Gasteiger partial charge in [-0.2, -0.15) is 0 Å². The predicted octanol–water partition coefficient (Wildman–Crippen LogP) is 2.67. The Bertz CT molecular complexity index is 132. The Hall–Kier alpha value is -0.0600. The molecule has 0 saturated heterocycles. The maximum Gasteiger partial charge on any atom is 0.305 e. The zero-order valence-corrected chi connectivity index (χ0v) is 8.84. The third-order valence-electron chi connectivity index (χ3n) is 1.32. The molecule has 0 aromatic heterocycles. The van der Waals surface area contributed by atoms with Crippen molar-refractivity contribution in [2.45, 2.75) is 25.7 Å². The lowest BCUT2D eigenvalue weighted by Gasteiger charge is -1.96. The third-order valence-corrected chi connectivity index (χ3v) is 1.83. The van der Waals surface area contributed by atoms with E-state index in [1.807, 2.05) is 4.08 Å². The third kappa shape index (κ3) is 7.84. The maximum absolute atomic E-state index is 10.6. The van der Waals surface area contributed by atoms with Gasteiger partial charge in [-0.25, -0.2) is 0 Å². The van der Waals surface area contributed by atoms with Gasteiger partial charge in [0.05, 0.1) is 7.11 Å². The van der Waals surface area contributed by atoms with Crippen LogP contribution in [0.15, 0.2) is 10.2 Å². The van der Waals surface area contributed by atoms with Crippen molar-refractivity contribution in [3.63, 3.8) is 0 Å². The molecule has 0 aliphatic carbocycles. The van der Waals surface area contributed by atoms with Crippen molar-refractivity contribution >= 4 is 28.6 Å². The summed E-state index contributed by atoms with van der Waals surface area (Å²) in [5, 5.41) is 0. The summed E-state index contributed by atoms with van der Waals surface area (Å²) < 4.78 is 6.49. The van der Waals surface area contributed by atoms with Gasteiger partial charge in [0.1, 0.15) is 0 Å². The van der Waals surface area contributed by atoms with Crippen molar-refractivity contribution in [1.29, 1.82) is 0 Å². The summed E-state index contributed by atoms with van der Waals surface area (Å²) in [6.45, 7) is 0. The molecule has 0 atom stereocenters. The van der Waals surface area contributed by atoms with Crippen molar-refractivity contribution < 1.29 is 9.53 Å². The van der Waals surface area contributed by atoms with E-state index < -0.39 is 0 Å². The predicted molar refractivity (Wildman–Crippen MR) is 53.6 cm³/mol. The first kappa shape index (κ1) is 10.9. The molecule has 0 rings (SSSR count). The van der Waals surface area contributed by atoms with Crippen LogP contribution in [0.3, 0.4) is 0 Å². The molecule has 0 heterocycles. The van der Waals surface area contributed by atoms with Gasteiger partial charge in [-0.1, -0.05) is 28.7 Å². The minimum Gasteiger partial charge on any atom is -0.469 e. The standard InChI is InChI=1S/C8H13IO2/c1-11-8(10)6-4-2-3-5-7-9/h5,7H,2-4,6H2,1H3/b7-5-. The second-order valence-electron chi connectivity index (χ2n) is 2.18. The Morgan fingerprint density at radius 2 is 2.27 bits per heavy atom. The van der Waals surface area contributed by atoms with Crippen LogP contribution in [0.4, 0.5) is 0 Å². The molecule has 0 amide bonds. The van der Waals surface area contributed by atoms with Crippen LogP contribution >= 0.6 is 22.6 Å². The number of rotatable bonds is 5. The number of carbonyl (C=O) groups excluding carboxylic acids is 1. The first-order valence-corrected chi connectivity index (χ1v) is 4.88. The van der Waals surface area contributed by atoms with Gasteiger partial charge in [0.15, 0.2) is 0 Å². The van der Waals surface area contributed by atoms with E-state index in [9.17, 15) is 4.79 Å². The summed E-state index contributed by atoms with van der Waals surface area (Å²) in [6.07, 6.45) is 5.69. The summed E-state index contributed by atoms with van der Waals surface area (Å²) in [4.78, 5) is 10.6. The molecule has 0 aliphatic rings. The minimum atomic E-state index is -0.108. The van der Waals surface area contributed by atoms with Gasteiger partial charge in [0.2, 0.25) is 0 Å². The fraction of sp³-hybridized carbons (Fsp3) is 0.625. The highest BCUT2D eigenvalue weighted by Gasteiger charge is 1.97. The number of allylic oxidation sites excluding steroid dienone is 1. The molecule has 0 fully saturated rings. The fourth-order valence-corrected chi connectivity index (χ4v) is 1.06. The van der Waals surface area contributed by atoms with Crippen LogP contribution in [0.5, 0.6) is 0 Å². The number of unbranched alkanes of at least 4 members (excludes halogenated alkanes) is 2. The fourth-order valence-electron chi connectivity index (χ4n) is 0.697. The summed E-state index contributed by atoms with van der Waals surface area (Å²) in [5.41, 5.74) is 0. The van der Waals surface area contributed by atoms with Crippen molar-refractivity contribution in [1.82, 2.24) is 0 Å². The number of carbonyl (C=O) groups is 1. The minimum absolute atomic E-state index is 0.108. The first-order chi connectivity index (χ1) is 5.31. The Labute approximate surface area is 81.1 Å². The van der Waals surface area contributed by atoms with E-state index in [4.69, 9.17) is 0 Å². The van der Waals surface area contributed by atoms with Gasteiger partial charge in [-0.3, -0.25) is 4.79 Å². The van der Waals surface area contributed by atoms with Crippen molar-refractivity contribution in [3.8, 4) is 0 Å². The van der Waals surface area contributed by atoms with E-state index in [2.05, 4.69) is 33.4 Å². The molecule has 0 saturated carbocycles. The number of esters is 1. The van der Waals surface area contributed by atoms with Crippen LogP contribution < -0.4 is 0 Å². The van der Waals surface area contributed by atoms with Crippen LogP contribution in [-0.4, -0.2) is 13.1 Å². The summed E-state index contributed by atoms with van der Waals surface area (Å²) >= 11 is 2.19. The molecule has 0 aliphatic heterocycles. The van der Waals surface area contributed by atoms with E-state index in [1.54, 1.807) is 0 Å². The van der Waals surface area contributed by atoms with Crippen LogP contribution in [0.25, 0.3) is 0 Å². The van der Waals surface area contributed by atoms with Crippen molar-refractivity contribution in [3.05, 3.63) is 10.2 Å². The molecule has 0 N–H and O–H groups in total. The molecule has 0 radical (unpaired) electrons. The summed E-state index contributed by atoms with van der Waals surface area (Å²) in [5.74, 6) is -0.108. The molecular formula is C8H13IO2. The van der Waals surface area contributed by atoms with Gasteiger partial charge in [0.25, 0.3) is 0 Å². The number of halogens is 1. The highest BCUT2D eigenvalue weighted by Crippen LogP contribution is 2.02. The summed E-state index contributed by atoms with van der Waals surface area (Å²) in [6, 6.07) is 0. The van der Waals surface area contributed by atoms with Crippen LogP contribution in [-0.2, 0) is 9.53 Å². The normalized spacial score (nSPS) is 10.4. The molecule has 0 aromatic carbocycles. The first-order valence-electron chi connectivity index (χ1n) is 3.63. The molecular weight excluding hydrogens is 255 g/mol. The topological polar surface area (TPSA) is 26.3 Å².